The van der Waals surface area contributed by atoms with Crippen LogP contribution >= 0.6 is 11.6 Å². The Hall–Kier alpha value is -3.06. The van der Waals surface area contributed by atoms with E-state index in [4.69, 9.17) is 21.1 Å². The van der Waals surface area contributed by atoms with Crippen molar-refractivity contribution in [3.8, 4) is 11.5 Å². The van der Waals surface area contributed by atoms with Crippen molar-refractivity contribution < 1.29 is 23.8 Å². The van der Waals surface area contributed by atoms with Gasteiger partial charge in [0, 0.05) is 5.02 Å². The summed E-state index contributed by atoms with van der Waals surface area (Å²) in [5, 5.41) is 4.44. The number of hydrogen-bond acceptors (Lipinski definition) is 6. The summed E-state index contributed by atoms with van der Waals surface area (Å²) in [6.07, 6.45) is 1.48. The number of carbonyl (C=O) groups is 2. The molecular weight excluding hydrogens is 360 g/mol. The summed E-state index contributed by atoms with van der Waals surface area (Å²) in [7, 11) is 1.29. The van der Waals surface area contributed by atoms with Crippen LogP contribution in [0.3, 0.4) is 0 Å². The van der Waals surface area contributed by atoms with Crippen molar-refractivity contribution in [2.75, 3.05) is 20.3 Å². The average molecular weight is 377 g/mol. The molecule has 0 aliphatic carbocycles. The van der Waals surface area contributed by atoms with Crippen LogP contribution in [0.4, 0.5) is 0 Å². The van der Waals surface area contributed by atoms with Crippen molar-refractivity contribution in [2.24, 2.45) is 5.10 Å². The van der Waals surface area contributed by atoms with Gasteiger partial charge in [-0.3, -0.25) is 4.79 Å². The van der Waals surface area contributed by atoms with E-state index >= 15 is 0 Å². The largest absolute Gasteiger partial charge is 0.484 e. The SMILES string of the molecule is COC(=O)COc1ccc(/C=N\NC(=O)COc2ccc(Cl)cc2)cc1. The van der Waals surface area contributed by atoms with Crippen molar-refractivity contribution >= 4 is 29.7 Å². The van der Waals surface area contributed by atoms with E-state index < -0.39 is 11.9 Å². The lowest BCUT2D eigenvalue weighted by molar-refractivity contribution is -0.142. The van der Waals surface area contributed by atoms with E-state index in [-0.39, 0.29) is 13.2 Å². The van der Waals surface area contributed by atoms with Crippen molar-refractivity contribution in [3.05, 3.63) is 59.1 Å². The first-order chi connectivity index (χ1) is 12.6. The number of amides is 1. The maximum Gasteiger partial charge on any atom is 0.343 e. The molecule has 0 aliphatic heterocycles. The number of hydrazone groups is 1. The molecule has 0 atom stereocenters. The predicted octanol–water partition coefficient (Wildman–Crippen LogP) is 2.42. The minimum atomic E-state index is -0.459. The number of hydrogen-bond donors (Lipinski definition) is 1. The number of benzene rings is 2. The molecule has 0 bridgehead atoms. The van der Waals surface area contributed by atoms with E-state index in [0.717, 1.165) is 5.56 Å². The zero-order valence-corrected chi connectivity index (χ0v) is 14.7. The Kier molecular flexibility index (Phi) is 7.45. The molecule has 2 rings (SSSR count). The highest BCUT2D eigenvalue weighted by molar-refractivity contribution is 6.30. The Morgan fingerprint density at radius 1 is 1.00 bits per heavy atom. The van der Waals surface area contributed by atoms with E-state index in [1.54, 1.807) is 48.5 Å². The summed E-state index contributed by atoms with van der Waals surface area (Å²) in [4.78, 5) is 22.7. The summed E-state index contributed by atoms with van der Waals surface area (Å²) in [5.41, 5.74) is 3.11. The van der Waals surface area contributed by atoms with Crippen LogP contribution in [0.1, 0.15) is 5.56 Å². The predicted molar refractivity (Wildman–Crippen MR) is 96.6 cm³/mol. The van der Waals surface area contributed by atoms with Gasteiger partial charge in [0.15, 0.2) is 13.2 Å². The molecule has 1 N–H and O–H groups in total. The number of halogens is 1. The van der Waals surface area contributed by atoms with Crippen molar-refractivity contribution in [1.82, 2.24) is 5.43 Å². The summed E-state index contributed by atoms with van der Waals surface area (Å²) in [6, 6.07) is 13.5. The van der Waals surface area contributed by atoms with Crippen LogP contribution in [0, 0.1) is 0 Å². The summed E-state index contributed by atoms with van der Waals surface area (Å²) >= 11 is 5.77. The number of nitrogens with zero attached hydrogens (tertiary/aromatic N) is 1. The van der Waals surface area contributed by atoms with Crippen LogP contribution in [0.15, 0.2) is 53.6 Å². The molecule has 0 saturated heterocycles. The Bertz CT molecular complexity index is 760. The number of ether oxygens (including phenoxy) is 3. The second-order valence-corrected chi connectivity index (χ2v) is 5.41. The molecule has 0 aromatic heterocycles. The Labute approximate surface area is 155 Å². The molecule has 8 heteroatoms. The fourth-order valence-corrected chi connectivity index (χ4v) is 1.87. The van der Waals surface area contributed by atoms with Gasteiger partial charge < -0.3 is 14.2 Å². The van der Waals surface area contributed by atoms with E-state index in [0.29, 0.717) is 16.5 Å². The van der Waals surface area contributed by atoms with Gasteiger partial charge in [0.2, 0.25) is 0 Å². The molecule has 0 fully saturated rings. The Morgan fingerprint density at radius 2 is 1.58 bits per heavy atom. The zero-order chi connectivity index (χ0) is 18.8. The molecule has 136 valence electrons. The van der Waals surface area contributed by atoms with Gasteiger partial charge in [-0.05, 0) is 54.1 Å². The molecule has 0 aliphatic rings. The molecule has 0 heterocycles. The highest BCUT2D eigenvalue weighted by atomic mass is 35.5. The number of methoxy groups -OCH3 is 1. The lowest BCUT2D eigenvalue weighted by atomic mass is 10.2. The molecule has 0 spiro atoms. The van der Waals surface area contributed by atoms with Crippen LogP contribution in [0.2, 0.25) is 5.02 Å². The van der Waals surface area contributed by atoms with Gasteiger partial charge in [0.05, 0.1) is 13.3 Å². The molecular formula is C18H17ClN2O5. The van der Waals surface area contributed by atoms with Gasteiger partial charge in [-0.1, -0.05) is 11.6 Å². The number of carbonyl (C=O) groups excluding carboxylic acids is 2. The van der Waals surface area contributed by atoms with Crippen molar-refractivity contribution in [2.45, 2.75) is 0 Å². The van der Waals surface area contributed by atoms with E-state index in [9.17, 15) is 9.59 Å². The van der Waals surface area contributed by atoms with Crippen LogP contribution < -0.4 is 14.9 Å². The Morgan fingerprint density at radius 3 is 2.19 bits per heavy atom. The van der Waals surface area contributed by atoms with Crippen molar-refractivity contribution in [1.29, 1.82) is 0 Å². The molecule has 0 saturated carbocycles. The third kappa shape index (κ3) is 6.82. The minimum Gasteiger partial charge on any atom is -0.484 e. The maximum absolute atomic E-state index is 11.7. The van der Waals surface area contributed by atoms with Gasteiger partial charge in [-0.25, -0.2) is 10.2 Å². The first-order valence-electron chi connectivity index (χ1n) is 7.57. The minimum absolute atomic E-state index is 0.159. The van der Waals surface area contributed by atoms with Gasteiger partial charge in [-0.15, -0.1) is 0 Å². The van der Waals surface area contributed by atoms with Gasteiger partial charge >= 0.3 is 5.97 Å². The zero-order valence-electron chi connectivity index (χ0n) is 14.0. The molecule has 2 aromatic carbocycles. The van der Waals surface area contributed by atoms with Crippen LogP contribution in [0.25, 0.3) is 0 Å². The average Bonchev–Trinajstić information content (AvgIpc) is 2.66. The Balaban J connectivity index is 1.74. The van der Waals surface area contributed by atoms with E-state index in [2.05, 4.69) is 15.3 Å². The topological polar surface area (TPSA) is 86.2 Å². The summed E-state index contributed by atoms with van der Waals surface area (Å²) in [6.45, 7) is -0.326. The first-order valence-corrected chi connectivity index (χ1v) is 7.94. The molecule has 0 radical (unpaired) electrons. The van der Waals surface area contributed by atoms with Crippen LogP contribution in [0.5, 0.6) is 11.5 Å². The molecule has 26 heavy (non-hydrogen) atoms. The highest BCUT2D eigenvalue weighted by Gasteiger charge is 2.02. The lowest BCUT2D eigenvalue weighted by Gasteiger charge is -2.05. The van der Waals surface area contributed by atoms with Crippen LogP contribution in [-0.4, -0.2) is 38.4 Å². The normalized spacial score (nSPS) is 10.4. The summed E-state index contributed by atoms with van der Waals surface area (Å²) < 4.78 is 15.0. The highest BCUT2D eigenvalue weighted by Crippen LogP contribution is 2.15. The second kappa shape index (κ2) is 10.0. The smallest absolute Gasteiger partial charge is 0.343 e. The van der Waals surface area contributed by atoms with E-state index in [1.165, 1.54) is 13.3 Å². The fourth-order valence-electron chi connectivity index (χ4n) is 1.74. The number of esters is 1. The number of rotatable bonds is 8. The number of nitrogens with one attached hydrogen (secondary N) is 1. The maximum atomic E-state index is 11.7. The molecule has 0 unspecified atom stereocenters. The van der Waals surface area contributed by atoms with Gasteiger partial charge in [0.1, 0.15) is 11.5 Å². The summed E-state index contributed by atoms with van der Waals surface area (Å²) in [5.74, 6) is 0.206. The quantitative estimate of drug-likeness (QED) is 0.434. The second-order valence-electron chi connectivity index (χ2n) is 4.97. The molecule has 1 amide bonds. The third-order valence-electron chi connectivity index (χ3n) is 3.05. The van der Waals surface area contributed by atoms with E-state index in [1.807, 2.05) is 0 Å². The third-order valence-corrected chi connectivity index (χ3v) is 3.30. The molecule has 2 aromatic rings. The van der Waals surface area contributed by atoms with Gasteiger partial charge in [0.25, 0.3) is 5.91 Å². The van der Waals surface area contributed by atoms with Crippen LogP contribution in [-0.2, 0) is 14.3 Å². The van der Waals surface area contributed by atoms with Crippen molar-refractivity contribution in [3.63, 3.8) is 0 Å². The first kappa shape index (κ1) is 19.3. The lowest BCUT2D eigenvalue weighted by Crippen LogP contribution is -2.24. The van der Waals surface area contributed by atoms with Gasteiger partial charge in [-0.2, -0.15) is 5.10 Å². The standard InChI is InChI=1S/C18H17ClN2O5/c1-24-18(23)12-26-15-6-2-13(3-7-15)10-20-21-17(22)11-25-16-8-4-14(19)5-9-16/h2-10H,11-12H2,1H3,(H,21,22)/b20-10-. The monoisotopic (exact) mass is 376 g/mol. The molecule has 7 nitrogen and oxygen atoms in total. The fraction of sp³-hybridized carbons (Fsp3) is 0.167.